The van der Waals surface area contributed by atoms with Crippen molar-refractivity contribution >= 4 is 23.1 Å². The number of hydrogen-bond donors (Lipinski definition) is 4. The van der Waals surface area contributed by atoms with Crippen molar-refractivity contribution in [2.45, 2.75) is 50.0 Å². The van der Waals surface area contributed by atoms with E-state index in [-0.39, 0.29) is 16.8 Å². The Kier molecular flexibility index (Phi) is 5.67. The Labute approximate surface area is 163 Å². The molecule has 11 heteroatoms. The third kappa shape index (κ3) is 3.86. The summed E-state index contributed by atoms with van der Waals surface area (Å²) in [4.78, 5) is 4.37. The van der Waals surface area contributed by atoms with Gasteiger partial charge >= 0.3 is 6.18 Å². The number of thioether (sulfide) groups is 1. The number of aliphatic imine (C=N–C) groups is 1. The van der Waals surface area contributed by atoms with Crippen LogP contribution in [-0.4, -0.2) is 60.5 Å². The molecule has 1 unspecified atom stereocenters. The number of phenolic OH excluding ortho intramolecular Hbond substituents is 3. The van der Waals surface area contributed by atoms with Gasteiger partial charge in [0, 0.05) is 5.56 Å². The minimum absolute atomic E-state index is 0.0505. The van der Waals surface area contributed by atoms with Crippen molar-refractivity contribution in [3.05, 3.63) is 17.7 Å². The standard InChI is InChI=1S/C17H20F3N3O4S/c18-17(19,20)16(27)9-28-15(22-11-4-2-1-3-5-11)23(16)21-8-10-6-7-12(24)14(26)13(10)25/h6-8,11,24-27H,1-5,9H2. The van der Waals surface area contributed by atoms with E-state index in [4.69, 9.17) is 0 Å². The van der Waals surface area contributed by atoms with Gasteiger partial charge in [-0.25, -0.2) is 5.01 Å². The van der Waals surface area contributed by atoms with Crippen LogP contribution in [0.25, 0.3) is 0 Å². The van der Waals surface area contributed by atoms with Crippen molar-refractivity contribution in [3.63, 3.8) is 0 Å². The second-order valence-corrected chi connectivity index (χ2v) is 7.68. The van der Waals surface area contributed by atoms with Crippen molar-refractivity contribution in [1.82, 2.24) is 5.01 Å². The summed E-state index contributed by atoms with van der Waals surface area (Å²) in [5.41, 5.74) is -3.37. The highest BCUT2D eigenvalue weighted by Gasteiger charge is 2.63. The van der Waals surface area contributed by atoms with Crippen molar-refractivity contribution < 1.29 is 33.6 Å². The molecule has 0 amide bonds. The van der Waals surface area contributed by atoms with E-state index in [0.29, 0.717) is 5.01 Å². The van der Waals surface area contributed by atoms with Crippen LogP contribution in [0, 0.1) is 0 Å². The van der Waals surface area contributed by atoms with E-state index in [1.165, 1.54) is 6.07 Å². The van der Waals surface area contributed by atoms with Crippen LogP contribution in [0.1, 0.15) is 37.7 Å². The third-order valence-corrected chi connectivity index (χ3v) is 5.81. The molecule has 1 saturated carbocycles. The SMILES string of the molecule is Oc1ccc(C=NN2C(=NC3CCCCC3)SCC2(O)C(F)(F)F)c(O)c1O. The second kappa shape index (κ2) is 7.70. The van der Waals surface area contributed by atoms with Gasteiger partial charge in [-0.1, -0.05) is 31.0 Å². The molecule has 1 aliphatic carbocycles. The van der Waals surface area contributed by atoms with Crippen molar-refractivity contribution in [2.75, 3.05) is 5.75 Å². The van der Waals surface area contributed by atoms with Gasteiger partial charge in [0.1, 0.15) is 0 Å². The van der Waals surface area contributed by atoms with E-state index in [1.54, 1.807) is 0 Å². The number of aromatic hydroxyl groups is 3. The number of hydrogen-bond acceptors (Lipinski definition) is 7. The molecule has 3 rings (SSSR count). The van der Waals surface area contributed by atoms with Crippen LogP contribution in [0.3, 0.4) is 0 Å². The molecule has 1 heterocycles. The summed E-state index contributed by atoms with van der Waals surface area (Å²) in [5, 5.41) is 43.1. The molecule has 1 aromatic carbocycles. The molecule has 0 aromatic heterocycles. The maximum absolute atomic E-state index is 13.5. The van der Waals surface area contributed by atoms with Gasteiger partial charge in [0.25, 0.3) is 5.72 Å². The normalized spacial score (nSPS) is 25.9. The van der Waals surface area contributed by atoms with Gasteiger partial charge in [-0.2, -0.15) is 18.3 Å². The lowest BCUT2D eigenvalue weighted by molar-refractivity contribution is -0.289. The largest absolute Gasteiger partial charge is 0.504 e. The first-order valence-electron chi connectivity index (χ1n) is 8.71. The lowest BCUT2D eigenvalue weighted by Gasteiger charge is -2.32. The molecule has 2 aliphatic rings. The molecule has 1 aliphatic heterocycles. The van der Waals surface area contributed by atoms with E-state index in [2.05, 4.69) is 10.1 Å². The van der Waals surface area contributed by atoms with Crippen LogP contribution in [-0.2, 0) is 0 Å². The summed E-state index contributed by atoms with van der Waals surface area (Å²) in [6.07, 6.45) is 0.358. The zero-order valence-electron chi connectivity index (χ0n) is 14.7. The number of amidine groups is 1. The molecule has 0 bridgehead atoms. The third-order valence-electron chi connectivity index (χ3n) is 4.73. The molecule has 4 N–H and O–H groups in total. The maximum Gasteiger partial charge on any atom is 0.439 e. The topological polar surface area (TPSA) is 109 Å². The zero-order valence-corrected chi connectivity index (χ0v) is 15.5. The lowest BCUT2D eigenvalue weighted by Crippen LogP contribution is -2.56. The number of phenols is 3. The Morgan fingerprint density at radius 1 is 1.11 bits per heavy atom. The van der Waals surface area contributed by atoms with Crippen molar-refractivity contribution in [3.8, 4) is 17.2 Å². The van der Waals surface area contributed by atoms with Crippen LogP contribution in [0.2, 0.25) is 0 Å². The Morgan fingerprint density at radius 2 is 1.79 bits per heavy atom. The average Bonchev–Trinajstić information content (AvgIpc) is 2.97. The van der Waals surface area contributed by atoms with Crippen LogP contribution in [0.4, 0.5) is 13.2 Å². The molecule has 1 aromatic rings. The Hall–Kier alpha value is -2.14. The fourth-order valence-electron chi connectivity index (χ4n) is 3.06. The van der Waals surface area contributed by atoms with Crippen LogP contribution < -0.4 is 0 Å². The molecule has 2 fully saturated rings. The Bertz CT molecular complexity index is 797. The Balaban J connectivity index is 1.95. The number of hydrazone groups is 1. The predicted octanol–water partition coefficient (Wildman–Crippen LogP) is 3.13. The first-order valence-corrected chi connectivity index (χ1v) is 9.70. The predicted molar refractivity (Wildman–Crippen MR) is 98.6 cm³/mol. The summed E-state index contributed by atoms with van der Waals surface area (Å²) in [7, 11) is 0. The molecular weight excluding hydrogens is 399 g/mol. The summed E-state index contributed by atoms with van der Waals surface area (Å²) in [6, 6.07) is 2.10. The fourth-order valence-corrected chi connectivity index (χ4v) is 4.22. The second-order valence-electron chi connectivity index (χ2n) is 6.73. The highest BCUT2D eigenvalue weighted by Crippen LogP contribution is 2.44. The number of alkyl halides is 3. The van der Waals surface area contributed by atoms with Crippen LogP contribution in [0.15, 0.2) is 22.2 Å². The van der Waals surface area contributed by atoms with E-state index in [0.717, 1.165) is 56.1 Å². The summed E-state index contributed by atoms with van der Waals surface area (Å²) < 4.78 is 40.5. The first kappa shape index (κ1) is 20.6. The van der Waals surface area contributed by atoms with E-state index >= 15 is 0 Å². The minimum Gasteiger partial charge on any atom is -0.504 e. The van der Waals surface area contributed by atoms with E-state index in [9.17, 15) is 33.6 Å². The highest BCUT2D eigenvalue weighted by molar-refractivity contribution is 8.14. The van der Waals surface area contributed by atoms with Crippen molar-refractivity contribution in [2.24, 2.45) is 10.1 Å². The van der Waals surface area contributed by atoms with Gasteiger partial charge in [0.15, 0.2) is 16.7 Å². The molecule has 7 nitrogen and oxygen atoms in total. The minimum atomic E-state index is -4.99. The lowest BCUT2D eigenvalue weighted by atomic mass is 9.96. The molecule has 0 spiro atoms. The molecule has 28 heavy (non-hydrogen) atoms. The summed E-state index contributed by atoms with van der Waals surface area (Å²) >= 11 is 0.763. The van der Waals surface area contributed by atoms with Gasteiger partial charge in [-0.3, -0.25) is 4.99 Å². The zero-order chi connectivity index (χ0) is 20.5. The highest BCUT2D eigenvalue weighted by atomic mass is 32.2. The molecule has 1 saturated heterocycles. The molecular formula is C17H20F3N3O4S. The average molecular weight is 419 g/mol. The summed E-state index contributed by atoms with van der Waals surface area (Å²) in [6.45, 7) is 0. The smallest absolute Gasteiger partial charge is 0.439 e. The Morgan fingerprint density at radius 3 is 2.43 bits per heavy atom. The number of benzene rings is 1. The number of aliphatic hydroxyl groups is 1. The molecule has 0 radical (unpaired) electrons. The molecule has 1 atom stereocenters. The number of nitrogens with zero attached hydrogens (tertiary/aromatic N) is 3. The maximum atomic E-state index is 13.5. The summed E-state index contributed by atoms with van der Waals surface area (Å²) in [5.74, 6) is -2.83. The van der Waals surface area contributed by atoms with Gasteiger partial charge in [0.2, 0.25) is 5.75 Å². The van der Waals surface area contributed by atoms with Gasteiger partial charge in [-0.05, 0) is 25.0 Å². The van der Waals surface area contributed by atoms with Crippen LogP contribution >= 0.6 is 11.8 Å². The quantitative estimate of drug-likeness (QED) is 0.443. The van der Waals surface area contributed by atoms with Gasteiger partial charge < -0.3 is 20.4 Å². The van der Waals surface area contributed by atoms with E-state index in [1.807, 2.05) is 0 Å². The van der Waals surface area contributed by atoms with E-state index < -0.39 is 34.9 Å². The monoisotopic (exact) mass is 419 g/mol. The van der Waals surface area contributed by atoms with Crippen molar-refractivity contribution in [1.29, 1.82) is 0 Å². The van der Waals surface area contributed by atoms with Gasteiger partial charge in [0.05, 0.1) is 18.0 Å². The number of halogens is 3. The molecule has 154 valence electrons. The number of rotatable bonds is 3. The van der Waals surface area contributed by atoms with Crippen LogP contribution in [0.5, 0.6) is 17.2 Å². The fraction of sp³-hybridized carbons (Fsp3) is 0.529. The first-order chi connectivity index (χ1) is 13.1. The van der Waals surface area contributed by atoms with Gasteiger partial charge in [-0.15, -0.1) is 0 Å².